The number of carbonyl (C=O) groups excluding carboxylic acids is 1. The summed E-state index contributed by atoms with van der Waals surface area (Å²) >= 11 is 0. The SMILES string of the molecule is COc1ccc(C(=O)NCCC(O)c2ccco2)cc1OC. The molecule has 0 saturated heterocycles. The van der Waals surface area contributed by atoms with Gasteiger partial charge in [-0.25, -0.2) is 0 Å². The second kappa shape index (κ2) is 7.51. The summed E-state index contributed by atoms with van der Waals surface area (Å²) in [5.74, 6) is 1.30. The Labute approximate surface area is 128 Å². The lowest BCUT2D eigenvalue weighted by Gasteiger charge is -2.11. The van der Waals surface area contributed by atoms with Gasteiger partial charge in [0, 0.05) is 12.1 Å². The maximum atomic E-state index is 12.1. The van der Waals surface area contributed by atoms with Crippen molar-refractivity contribution in [3.8, 4) is 11.5 Å². The molecule has 6 heteroatoms. The minimum absolute atomic E-state index is 0.243. The highest BCUT2D eigenvalue weighted by molar-refractivity contribution is 5.94. The molecule has 0 bridgehead atoms. The second-order valence-corrected chi connectivity index (χ2v) is 4.65. The van der Waals surface area contributed by atoms with Gasteiger partial charge >= 0.3 is 0 Å². The predicted octanol–water partition coefficient (Wildman–Crippen LogP) is 2.15. The van der Waals surface area contributed by atoms with Crippen LogP contribution in [0.2, 0.25) is 0 Å². The minimum Gasteiger partial charge on any atom is -0.493 e. The fraction of sp³-hybridized carbons (Fsp3) is 0.312. The van der Waals surface area contributed by atoms with Gasteiger partial charge in [-0.3, -0.25) is 4.79 Å². The Hall–Kier alpha value is -2.47. The molecule has 2 N–H and O–H groups in total. The average molecular weight is 305 g/mol. The van der Waals surface area contributed by atoms with E-state index in [1.54, 1.807) is 30.3 Å². The van der Waals surface area contributed by atoms with E-state index >= 15 is 0 Å². The number of benzene rings is 1. The number of rotatable bonds is 7. The van der Waals surface area contributed by atoms with Crippen molar-refractivity contribution in [1.82, 2.24) is 5.32 Å². The number of hydrogen-bond acceptors (Lipinski definition) is 5. The van der Waals surface area contributed by atoms with Crippen molar-refractivity contribution in [2.45, 2.75) is 12.5 Å². The summed E-state index contributed by atoms with van der Waals surface area (Å²) in [7, 11) is 3.05. The van der Waals surface area contributed by atoms with Crippen LogP contribution < -0.4 is 14.8 Å². The van der Waals surface area contributed by atoms with Crippen molar-refractivity contribution in [3.05, 3.63) is 47.9 Å². The Balaban J connectivity index is 1.89. The van der Waals surface area contributed by atoms with Gasteiger partial charge in [-0.15, -0.1) is 0 Å². The van der Waals surface area contributed by atoms with Crippen LogP contribution >= 0.6 is 0 Å². The Kier molecular flexibility index (Phi) is 5.43. The number of ether oxygens (including phenoxy) is 2. The summed E-state index contributed by atoms with van der Waals surface area (Å²) in [6.07, 6.45) is 1.13. The first-order valence-electron chi connectivity index (χ1n) is 6.87. The van der Waals surface area contributed by atoms with Crippen LogP contribution in [-0.4, -0.2) is 31.8 Å². The fourth-order valence-corrected chi connectivity index (χ4v) is 2.03. The van der Waals surface area contributed by atoms with Crippen LogP contribution in [0.4, 0.5) is 0 Å². The molecule has 1 aromatic heterocycles. The molecular formula is C16H19NO5. The molecule has 0 spiro atoms. The Morgan fingerprint density at radius 1 is 1.27 bits per heavy atom. The van der Waals surface area contributed by atoms with Crippen molar-refractivity contribution in [2.24, 2.45) is 0 Å². The van der Waals surface area contributed by atoms with E-state index in [1.807, 2.05) is 0 Å². The lowest BCUT2D eigenvalue weighted by atomic mass is 10.1. The van der Waals surface area contributed by atoms with Crippen molar-refractivity contribution >= 4 is 5.91 Å². The summed E-state index contributed by atoms with van der Waals surface area (Å²) < 4.78 is 15.4. The summed E-state index contributed by atoms with van der Waals surface area (Å²) in [5, 5.41) is 12.6. The third-order valence-electron chi connectivity index (χ3n) is 3.22. The van der Waals surface area contributed by atoms with E-state index < -0.39 is 6.10 Å². The molecule has 1 aromatic carbocycles. The van der Waals surface area contributed by atoms with Crippen LogP contribution in [0, 0.1) is 0 Å². The monoisotopic (exact) mass is 305 g/mol. The topological polar surface area (TPSA) is 80.9 Å². The summed E-state index contributed by atoms with van der Waals surface area (Å²) in [5.41, 5.74) is 0.463. The summed E-state index contributed by atoms with van der Waals surface area (Å²) in [6.45, 7) is 0.328. The Morgan fingerprint density at radius 2 is 2.05 bits per heavy atom. The number of hydrogen-bond donors (Lipinski definition) is 2. The maximum Gasteiger partial charge on any atom is 0.251 e. The van der Waals surface area contributed by atoms with Gasteiger partial charge in [0.2, 0.25) is 0 Å². The van der Waals surface area contributed by atoms with Crippen LogP contribution in [0.25, 0.3) is 0 Å². The number of furan rings is 1. The van der Waals surface area contributed by atoms with Crippen molar-refractivity contribution in [3.63, 3.8) is 0 Å². The average Bonchev–Trinajstić information content (AvgIpc) is 3.08. The quantitative estimate of drug-likeness (QED) is 0.819. The van der Waals surface area contributed by atoms with E-state index in [0.717, 1.165) is 0 Å². The van der Waals surface area contributed by atoms with Gasteiger partial charge in [-0.1, -0.05) is 0 Å². The van der Waals surface area contributed by atoms with Crippen LogP contribution in [0.15, 0.2) is 41.0 Å². The molecule has 0 aliphatic carbocycles. The molecule has 0 radical (unpaired) electrons. The number of aliphatic hydroxyl groups excluding tert-OH is 1. The Bertz CT molecular complexity index is 609. The van der Waals surface area contributed by atoms with Gasteiger partial charge in [0.1, 0.15) is 11.9 Å². The van der Waals surface area contributed by atoms with Crippen LogP contribution in [0.1, 0.15) is 28.6 Å². The van der Waals surface area contributed by atoms with Gasteiger partial charge in [-0.05, 0) is 36.8 Å². The first-order valence-corrected chi connectivity index (χ1v) is 6.87. The largest absolute Gasteiger partial charge is 0.493 e. The second-order valence-electron chi connectivity index (χ2n) is 4.65. The lowest BCUT2D eigenvalue weighted by molar-refractivity contribution is 0.0935. The minimum atomic E-state index is -0.735. The lowest BCUT2D eigenvalue weighted by Crippen LogP contribution is -2.25. The van der Waals surface area contributed by atoms with E-state index in [2.05, 4.69) is 5.32 Å². The molecule has 0 fully saturated rings. The number of nitrogens with one attached hydrogen (secondary N) is 1. The van der Waals surface area contributed by atoms with Gasteiger partial charge in [0.15, 0.2) is 11.5 Å². The molecule has 6 nitrogen and oxygen atoms in total. The predicted molar refractivity (Wildman–Crippen MR) is 80.2 cm³/mol. The summed E-state index contributed by atoms with van der Waals surface area (Å²) in [4.78, 5) is 12.1. The highest BCUT2D eigenvalue weighted by Crippen LogP contribution is 2.27. The molecule has 2 aromatic rings. The van der Waals surface area contributed by atoms with Crippen LogP contribution in [0.3, 0.4) is 0 Å². The standard InChI is InChI=1S/C16H19NO5/c1-20-14-6-5-11(10-15(14)21-2)16(19)17-8-7-12(18)13-4-3-9-22-13/h3-6,9-10,12,18H,7-8H2,1-2H3,(H,17,19). The van der Waals surface area contributed by atoms with Gasteiger partial charge in [-0.2, -0.15) is 0 Å². The van der Waals surface area contributed by atoms with Crippen LogP contribution in [0.5, 0.6) is 11.5 Å². The van der Waals surface area contributed by atoms with Gasteiger partial charge in [0.05, 0.1) is 20.5 Å². The normalized spacial score (nSPS) is 11.8. The molecule has 2 rings (SSSR count). The smallest absolute Gasteiger partial charge is 0.251 e. The van der Waals surface area contributed by atoms with E-state index in [4.69, 9.17) is 13.9 Å². The molecule has 0 aliphatic rings. The molecule has 1 atom stereocenters. The first-order chi connectivity index (χ1) is 10.7. The third kappa shape index (κ3) is 3.79. The zero-order valence-corrected chi connectivity index (χ0v) is 12.5. The molecule has 1 amide bonds. The van der Waals surface area contributed by atoms with Crippen molar-refractivity contribution in [1.29, 1.82) is 0 Å². The number of methoxy groups -OCH3 is 2. The number of aliphatic hydroxyl groups is 1. The van der Waals surface area contributed by atoms with Crippen molar-refractivity contribution < 1.29 is 23.8 Å². The van der Waals surface area contributed by atoms with Crippen molar-refractivity contribution in [2.75, 3.05) is 20.8 Å². The van der Waals surface area contributed by atoms with E-state index in [0.29, 0.717) is 35.8 Å². The number of amides is 1. The number of carbonyl (C=O) groups is 1. The first kappa shape index (κ1) is 15.9. The molecule has 0 aliphatic heterocycles. The van der Waals surface area contributed by atoms with E-state index in [1.165, 1.54) is 20.5 Å². The molecule has 0 saturated carbocycles. The molecule has 118 valence electrons. The summed E-state index contributed by atoms with van der Waals surface area (Å²) in [6, 6.07) is 8.34. The van der Waals surface area contributed by atoms with Gasteiger partial charge < -0.3 is 24.3 Å². The fourth-order valence-electron chi connectivity index (χ4n) is 2.03. The van der Waals surface area contributed by atoms with Gasteiger partial charge in [0.25, 0.3) is 5.91 Å². The van der Waals surface area contributed by atoms with E-state index in [9.17, 15) is 9.90 Å². The third-order valence-corrected chi connectivity index (χ3v) is 3.22. The molecule has 1 heterocycles. The zero-order chi connectivity index (χ0) is 15.9. The molecule has 1 unspecified atom stereocenters. The molecular weight excluding hydrogens is 286 g/mol. The zero-order valence-electron chi connectivity index (χ0n) is 12.5. The van der Waals surface area contributed by atoms with Crippen LogP contribution in [-0.2, 0) is 0 Å². The maximum absolute atomic E-state index is 12.1. The highest BCUT2D eigenvalue weighted by Gasteiger charge is 2.13. The Morgan fingerprint density at radius 3 is 2.68 bits per heavy atom. The van der Waals surface area contributed by atoms with E-state index in [-0.39, 0.29) is 5.91 Å². The molecule has 22 heavy (non-hydrogen) atoms. The highest BCUT2D eigenvalue weighted by atomic mass is 16.5.